The molecule has 4 rings (SSSR count). The van der Waals surface area contributed by atoms with Gasteiger partial charge < -0.3 is 20.3 Å². The van der Waals surface area contributed by atoms with E-state index in [0.29, 0.717) is 17.8 Å². The Balaban J connectivity index is 1.74. The Labute approximate surface area is 154 Å². The minimum absolute atomic E-state index is 0.0182. The number of para-hydroxylation sites is 2. The van der Waals surface area contributed by atoms with Crippen LogP contribution in [0.3, 0.4) is 0 Å². The number of rotatable bonds is 5. The second kappa shape index (κ2) is 6.90. The normalized spacial score (nSPS) is 22.3. The molecule has 8 nitrogen and oxygen atoms in total. The quantitative estimate of drug-likeness (QED) is 0.407. The Bertz CT molecular complexity index is 954. The van der Waals surface area contributed by atoms with E-state index in [9.17, 15) is 15.0 Å². The molecule has 1 aromatic heterocycles. The molecule has 2 heterocycles. The van der Waals surface area contributed by atoms with Gasteiger partial charge in [0.25, 0.3) is 0 Å². The number of aromatic nitrogens is 2. The number of aromatic amines is 1. The van der Waals surface area contributed by atoms with E-state index in [-0.39, 0.29) is 35.9 Å². The van der Waals surface area contributed by atoms with Gasteiger partial charge in [0.15, 0.2) is 0 Å². The molecule has 27 heavy (non-hydrogen) atoms. The zero-order valence-corrected chi connectivity index (χ0v) is 14.4. The third-order valence-corrected chi connectivity index (χ3v) is 4.96. The van der Waals surface area contributed by atoms with E-state index in [2.05, 4.69) is 20.8 Å². The molecule has 0 aliphatic carbocycles. The van der Waals surface area contributed by atoms with Gasteiger partial charge in [0, 0.05) is 24.1 Å². The number of aliphatic carboxylic acids is 1. The SMILES string of the molecule is O=C(O)CCC1NNC(c2ccc(O)cc2O)C1c1nc2ccccc2[nH]1. The highest BCUT2D eigenvalue weighted by Gasteiger charge is 2.40. The van der Waals surface area contributed by atoms with Crippen molar-refractivity contribution in [2.45, 2.75) is 30.8 Å². The van der Waals surface area contributed by atoms with Crippen molar-refractivity contribution in [2.75, 3.05) is 0 Å². The van der Waals surface area contributed by atoms with Gasteiger partial charge in [-0.05, 0) is 24.6 Å². The lowest BCUT2D eigenvalue weighted by Crippen LogP contribution is -2.32. The average Bonchev–Trinajstić information content (AvgIpc) is 3.23. The van der Waals surface area contributed by atoms with Gasteiger partial charge in [0.2, 0.25) is 0 Å². The first-order valence-corrected chi connectivity index (χ1v) is 8.72. The molecule has 6 N–H and O–H groups in total. The summed E-state index contributed by atoms with van der Waals surface area (Å²) >= 11 is 0. The van der Waals surface area contributed by atoms with Gasteiger partial charge in [-0.3, -0.25) is 10.2 Å². The van der Waals surface area contributed by atoms with Crippen molar-refractivity contribution >= 4 is 17.0 Å². The highest BCUT2D eigenvalue weighted by Crippen LogP contribution is 2.41. The summed E-state index contributed by atoms with van der Waals surface area (Å²) in [6.07, 6.45) is 0.420. The van der Waals surface area contributed by atoms with E-state index in [1.807, 2.05) is 24.3 Å². The van der Waals surface area contributed by atoms with Crippen LogP contribution >= 0.6 is 0 Å². The fourth-order valence-corrected chi connectivity index (χ4v) is 3.68. The number of fused-ring (bicyclic) bond motifs is 1. The predicted octanol–water partition coefficient (Wildman–Crippen LogP) is 2.14. The molecular formula is C19H20N4O4. The van der Waals surface area contributed by atoms with Crippen LogP contribution in [0.1, 0.15) is 36.2 Å². The zero-order valence-electron chi connectivity index (χ0n) is 14.4. The maximum atomic E-state index is 11.0. The third kappa shape index (κ3) is 3.32. The van der Waals surface area contributed by atoms with Crippen LogP contribution in [0.25, 0.3) is 11.0 Å². The predicted molar refractivity (Wildman–Crippen MR) is 98.3 cm³/mol. The molecule has 140 valence electrons. The molecule has 0 radical (unpaired) electrons. The number of phenols is 2. The number of hydrogen-bond acceptors (Lipinski definition) is 6. The lowest BCUT2D eigenvalue weighted by atomic mass is 9.86. The maximum absolute atomic E-state index is 11.0. The lowest BCUT2D eigenvalue weighted by molar-refractivity contribution is -0.137. The van der Waals surface area contributed by atoms with E-state index < -0.39 is 5.97 Å². The molecule has 3 unspecified atom stereocenters. The van der Waals surface area contributed by atoms with E-state index >= 15 is 0 Å². The monoisotopic (exact) mass is 368 g/mol. The van der Waals surface area contributed by atoms with Gasteiger partial charge in [-0.2, -0.15) is 0 Å². The van der Waals surface area contributed by atoms with Crippen LogP contribution in [0.2, 0.25) is 0 Å². The number of aromatic hydroxyl groups is 2. The number of imidazole rings is 1. The molecule has 2 aromatic carbocycles. The number of carbonyl (C=O) groups is 1. The van der Waals surface area contributed by atoms with Crippen LogP contribution < -0.4 is 10.9 Å². The minimum atomic E-state index is -0.865. The zero-order chi connectivity index (χ0) is 19.0. The number of H-pyrrole nitrogens is 1. The van der Waals surface area contributed by atoms with Crippen molar-refractivity contribution in [3.8, 4) is 11.5 Å². The average molecular weight is 368 g/mol. The van der Waals surface area contributed by atoms with Gasteiger partial charge in [0.05, 0.1) is 23.0 Å². The Morgan fingerprint density at radius 2 is 1.93 bits per heavy atom. The summed E-state index contributed by atoms with van der Waals surface area (Å²) in [5.74, 6) is -0.441. The summed E-state index contributed by atoms with van der Waals surface area (Å²) in [5, 5.41) is 28.9. The number of carboxylic acids is 1. The first-order valence-electron chi connectivity index (χ1n) is 8.72. The number of hydrogen-bond donors (Lipinski definition) is 6. The highest BCUT2D eigenvalue weighted by atomic mass is 16.4. The molecule has 1 saturated heterocycles. The van der Waals surface area contributed by atoms with Crippen molar-refractivity contribution in [3.63, 3.8) is 0 Å². The molecular weight excluding hydrogens is 348 g/mol. The van der Waals surface area contributed by atoms with E-state index in [0.717, 1.165) is 11.0 Å². The smallest absolute Gasteiger partial charge is 0.303 e. The molecule has 0 spiro atoms. The Kier molecular flexibility index (Phi) is 4.43. The van der Waals surface area contributed by atoms with Crippen molar-refractivity contribution < 1.29 is 20.1 Å². The van der Waals surface area contributed by atoms with E-state index in [4.69, 9.17) is 5.11 Å². The summed E-state index contributed by atoms with van der Waals surface area (Å²) in [6, 6.07) is 11.6. The second-order valence-electron chi connectivity index (χ2n) is 6.71. The molecule has 1 fully saturated rings. The Morgan fingerprint density at radius 1 is 1.11 bits per heavy atom. The van der Waals surface area contributed by atoms with Crippen LogP contribution in [0, 0.1) is 0 Å². The number of benzene rings is 2. The topological polar surface area (TPSA) is 130 Å². The maximum Gasteiger partial charge on any atom is 0.303 e. The van der Waals surface area contributed by atoms with Crippen LogP contribution in [-0.4, -0.2) is 37.3 Å². The van der Waals surface area contributed by atoms with Crippen molar-refractivity contribution in [3.05, 3.63) is 53.9 Å². The highest BCUT2D eigenvalue weighted by molar-refractivity contribution is 5.75. The van der Waals surface area contributed by atoms with Gasteiger partial charge >= 0.3 is 5.97 Å². The molecule has 1 aliphatic heterocycles. The molecule has 0 bridgehead atoms. The van der Waals surface area contributed by atoms with Crippen LogP contribution in [0.15, 0.2) is 42.5 Å². The van der Waals surface area contributed by atoms with Crippen molar-refractivity contribution in [2.24, 2.45) is 0 Å². The summed E-state index contributed by atoms with van der Waals surface area (Å²) in [7, 11) is 0. The summed E-state index contributed by atoms with van der Waals surface area (Å²) < 4.78 is 0. The fraction of sp³-hybridized carbons (Fsp3) is 0.263. The van der Waals surface area contributed by atoms with Gasteiger partial charge in [-0.25, -0.2) is 10.4 Å². The molecule has 8 heteroatoms. The molecule has 3 aromatic rings. The van der Waals surface area contributed by atoms with E-state index in [1.165, 1.54) is 12.1 Å². The summed E-state index contributed by atoms with van der Waals surface area (Å²) in [4.78, 5) is 19.0. The minimum Gasteiger partial charge on any atom is -0.508 e. The van der Waals surface area contributed by atoms with E-state index in [1.54, 1.807) is 6.07 Å². The van der Waals surface area contributed by atoms with Gasteiger partial charge in [0.1, 0.15) is 17.3 Å². The van der Waals surface area contributed by atoms with Crippen LogP contribution in [-0.2, 0) is 4.79 Å². The fourth-order valence-electron chi connectivity index (χ4n) is 3.68. The summed E-state index contributed by atoms with van der Waals surface area (Å²) in [6.45, 7) is 0. The summed E-state index contributed by atoms with van der Waals surface area (Å²) in [5.41, 5.74) is 8.62. The second-order valence-corrected chi connectivity index (χ2v) is 6.71. The lowest BCUT2D eigenvalue weighted by Gasteiger charge is -2.22. The largest absolute Gasteiger partial charge is 0.508 e. The van der Waals surface area contributed by atoms with Crippen LogP contribution in [0.4, 0.5) is 0 Å². The first-order chi connectivity index (χ1) is 13.0. The van der Waals surface area contributed by atoms with Gasteiger partial charge in [-0.1, -0.05) is 18.2 Å². The number of phenolic OH excluding ortho intramolecular Hbond substituents is 2. The number of carboxylic acid groups (broad SMARTS) is 1. The standard InChI is InChI=1S/C19H20N4O4/c24-10-5-6-11(15(25)9-10)18-17(14(22-23-18)7-8-16(26)27)19-20-12-3-1-2-4-13(12)21-19/h1-6,9,14,17-18,22-25H,7-8H2,(H,20,21)(H,26,27). The Hall–Kier alpha value is -3.10. The molecule has 1 aliphatic rings. The Morgan fingerprint density at radius 3 is 2.67 bits per heavy atom. The van der Waals surface area contributed by atoms with Crippen molar-refractivity contribution in [1.29, 1.82) is 0 Å². The number of hydrazine groups is 1. The molecule has 0 saturated carbocycles. The molecule has 0 amide bonds. The number of nitrogens with one attached hydrogen (secondary N) is 3. The van der Waals surface area contributed by atoms with Gasteiger partial charge in [-0.15, -0.1) is 0 Å². The third-order valence-electron chi connectivity index (χ3n) is 4.96. The van der Waals surface area contributed by atoms with Crippen LogP contribution in [0.5, 0.6) is 11.5 Å². The molecule has 3 atom stereocenters. The van der Waals surface area contributed by atoms with Crippen molar-refractivity contribution in [1.82, 2.24) is 20.8 Å². The number of nitrogens with zero attached hydrogens (tertiary/aromatic N) is 1. The first kappa shape index (κ1) is 17.3.